The highest BCUT2D eigenvalue weighted by Crippen LogP contribution is 2.35. The summed E-state index contributed by atoms with van der Waals surface area (Å²) in [6.45, 7) is 0. The predicted octanol–water partition coefficient (Wildman–Crippen LogP) is 2.31. The van der Waals surface area contributed by atoms with Crippen LogP contribution in [0.5, 0.6) is 0 Å². The molecule has 1 fully saturated rings. The molecule has 0 aromatic carbocycles. The maximum absolute atomic E-state index is 12.0. The SMILES string of the molecule is O=C1CCC[C@H](C(F)(F)F)C1. The van der Waals surface area contributed by atoms with Crippen LogP contribution in [0.15, 0.2) is 0 Å². The third-order valence-electron chi connectivity index (χ3n) is 1.95. The molecule has 1 aliphatic carbocycles. The van der Waals surface area contributed by atoms with Crippen LogP contribution in [-0.2, 0) is 4.79 Å². The van der Waals surface area contributed by atoms with Crippen molar-refractivity contribution in [1.82, 2.24) is 0 Å². The monoisotopic (exact) mass is 166 g/mol. The summed E-state index contributed by atoms with van der Waals surface area (Å²) in [4.78, 5) is 10.6. The Morgan fingerprint density at radius 3 is 2.36 bits per heavy atom. The highest BCUT2D eigenvalue weighted by molar-refractivity contribution is 5.79. The molecule has 0 heterocycles. The van der Waals surface area contributed by atoms with Crippen LogP contribution in [-0.4, -0.2) is 12.0 Å². The number of alkyl halides is 3. The van der Waals surface area contributed by atoms with Gasteiger partial charge in [0.2, 0.25) is 0 Å². The number of halogens is 3. The molecule has 11 heavy (non-hydrogen) atoms. The van der Waals surface area contributed by atoms with E-state index in [2.05, 4.69) is 0 Å². The standard InChI is InChI=1S/C7H9F3O/c8-7(9,10)5-2-1-3-6(11)4-5/h5H,1-4H2/t5-/m0/s1. The summed E-state index contributed by atoms with van der Waals surface area (Å²) < 4.78 is 35.9. The van der Waals surface area contributed by atoms with Crippen molar-refractivity contribution in [3.05, 3.63) is 0 Å². The molecule has 0 radical (unpaired) electrons. The van der Waals surface area contributed by atoms with E-state index in [4.69, 9.17) is 0 Å². The summed E-state index contributed by atoms with van der Waals surface area (Å²) in [5.74, 6) is -1.62. The molecule has 1 atom stereocenters. The van der Waals surface area contributed by atoms with Crippen molar-refractivity contribution in [2.75, 3.05) is 0 Å². The average Bonchev–Trinajstić information content (AvgIpc) is 1.86. The van der Waals surface area contributed by atoms with E-state index in [0.717, 1.165) is 0 Å². The summed E-state index contributed by atoms with van der Waals surface area (Å²) in [5, 5.41) is 0. The maximum Gasteiger partial charge on any atom is 0.392 e. The smallest absolute Gasteiger partial charge is 0.300 e. The molecule has 0 aromatic heterocycles. The lowest BCUT2D eigenvalue weighted by Crippen LogP contribution is -2.28. The van der Waals surface area contributed by atoms with Gasteiger partial charge in [-0.05, 0) is 12.8 Å². The van der Waals surface area contributed by atoms with Crippen molar-refractivity contribution in [3.8, 4) is 0 Å². The van der Waals surface area contributed by atoms with Crippen LogP contribution < -0.4 is 0 Å². The summed E-state index contributed by atoms with van der Waals surface area (Å²) in [5.41, 5.74) is 0. The fourth-order valence-electron chi connectivity index (χ4n) is 1.30. The minimum Gasteiger partial charge on any atom is -0.300 e. The Morgan fingerprint density at radius 2 is 2.00 bits per heavy atom. The number of carbonyl (C=O) groups is 1. The molecule has 1 nitrogen and oxygen atoms in total. The molecule has 0 N–H and O–H groups in total. The van der Waals surface area contributed by atoms with Gasteiger partial charge >= 0.3 is 6.18 Å². The zero-order chi connectivity index (χ0) is 8.48. The number of Topliss-reactive ketones (excluding diaryl/α,β-unsaturated/α-hetero) is 1. The van der Waals surface area contributed by atoms with Crippen molar-refractivity contribution >= 4 is 5.78 Å². The highest BCUT2D eigenvalue weighted by Gasteiger charge is 2.41. The normalized spacial score (nSPS) is 27.2. The van der Waals surface area contributed by atoms with Gasteiger partial charge in [0.25, 0.3) is 0 Å². The fourth-order valence-corrected chi connectivity index (χ4v) is 1.30. The zero-order valence-electron chi connectivity index (χ0n) is 5.95. The van der Waals surface area contributed by atoms with Gasteiger partial charge in [-0.2, -0.15) is 13.2 Å². The van der Waals surface area contributed by atoms with Gasteiger partial charge in [-0.1, -0.05) is 0 Å². The molecular formula is C7H9F3O. The van der Waals surface area contributed by atoms with Crippen LogP contribution in [0.1, 0.15) is 25.7 Å². The van der Waals surface area contributed by atoms with Gasteiger partial charge < -0.3 is 0 Å². The lowest BCUT2D eigenvalue weighted by atomic mass is 9.88. The van der Waals surface area contributed by atoms with Crippen LogP contribution >= 0.6 is 0 Å². The Hall–Kier alpha value is -0.540. The zero-order valence-corrected chi connectivity index (χ0v) is 5.95. The van der Waals surface area contributed by atoms with Crippen molar-refractivity contribution in [1.29, 1.82) is 0 Å². The molecule has 1 aliphatic rings. The van der Waals surface area contributed by atoms with E-state index in [0.29, 0.717) is 12.8 Å². The van der Waals surface area contributed by atoms with Gasteiger partial charge in [0.15, 0.2) is 0 Å². The second-order valence-electron chi connectivity index (χ2n) is 2.87. The van der Waals surface area contributed by atoms with Gasteiger partial charge in [0.1, 0.15) is 5.78 Å². The Bertz CT molecular complexity index is 162. The highest BCUT2D eigenvalue weighted by atomic mass is 19.4. The summed E-state index contributed by atoms with van der Waals surface area (Å²) >= 11 is 0. The molecule has 4 heteroatoms. The first kappa shape index (κ1) is 8.56. The molecule has 64 valence electrons. The van der Waals surface area contributed by atoms with Crippen molar-refractivity contribution < 1.29 is 18.0 Å². The number of rotatable bonds is 0. The molecule has 0 saturated heterocycles. The van der Waals surface area contributed by atoms with Gasteiger partial charge in [-0.3, -0.25) is 4.79 Å². The molecular weight excluding hydrogens is 157 g/mol. The molecule has 0 unspecified atom stereocenters. The third kappa shape index (κ3) is 2.20. The molecule has 0 bridgehead atoms. The largest absolute Gasteiger partial charge is 0.392 e. The Balaban J connectivity index is 2.53. The average molecular weight is 166 g/mol. The second kappa shape index (κ2) is 2.83. The van der Waals surface area contributed by atoms with Gasteiger partial charge in [0, 0.05) is 12.8 Å². The molecule has 0 amide bonds. The minimum absolute atomic E-state index is 0.120. The van der Waals surface area contributed by atoms with Crippen LogP contribution in [0, 0.1) is 5.92 Å². The molecule has 1 rings (SSSR count). The number of carbonyl (C=O) groups excluding carboxylic acids is 1. The topological polar surface area (TPSA) is 17.1 Å². The second-order valence-corrected chi connectivity index (χ2v) is 2.87. The summed E-state index contributed by atoms with van der Waals surface area (Å²) in [7, 11) is 0. The van der Waals surface area contributed by atoms with Crippen molar-refractivity contribution in [2.45, 2.75) is 31.9 Å². The van der Waals surface area contributed by atoms with Crippen LogP contribution in [0.3, 0.4) is 0 Å². The first-order valence-corrected chi connectivity index (χ1v) is 3.58. The van der Waals surface area contributed by atoms with Crippen LogP contribution in [0.4, 0.5) is 13.2 Å². The number of ketones is 1. The Labute approximate surface area is 62.6 Å². The van der Waals surface area contributed by atoms with Crippen LogP contribution in [0.2, 0.25) is 0 Å². The number of hydrogen-bond acceptors (Lipinski definition) is 1. The first-order chi connectivity index (χ1) is 5.00. The quantitative estimate of drug-likeness (QED) is 0.539. The van der Waals surface area contributed by atoms with Crippen LogP contribution in [0.25, 0.3) is 0 Å². The van der Waals surface area contributed by atoms with E-state index in [-0.39, 0.29) is 18.6 Å². The Morgan fingerprint density at radius 1 is 1.36 bits per heavy atom. The van der Waals surface area contributed by atoms with E-state index < -0.39 is 12.1 Å². The summed E-state index contributed by atoms with van der Waals surface area (Å²) in [6.07, 6.45) is -3.63. The van der Waals surface area contributed by atoms with Crippen molar-refractivity contribution in [3.63, 3.8) is 0 Å². The van der Waals surface area contributed by atoms with Gasteiger partial charge in [0.05, 0.1) is 5.92 Å². The van der Waals surface area contributed by atoms with E-state index in [9.17, 15) is 18.0 Å². The lowest BCUT2D eigenvalue weighted by molar-refractivity contribution is -0.183. The van der Waals surface area contributed by atoms with Crippen molar-refractivity contribution in [2.24, 2.45) is 5.92 Å². The first-order valence-electron chi connectivity index (χ1n) is 3.58. The molecule has 0 spiro atoms. The lowest BCUT2D eigenvalue weighted by Gasteiger charge is -2.22. The van der Waals surface area contributed by atoms with E-state index >= 15 is 0 Å². The Kier molecular flexibility index (Phi) is 2.20. The molecule has 1 saturated carbocycles. The maximum atomic E-state index is 12.0. The fraction of sp³-hybridized carbons (Fsp3) is 0.857. The minimum atomic E-state index is -4.17. The predicted molar refractivity (Wildman–Crippen MR) is 33.0 cm³/mol. The van der Waals surface area contributed by atoms with Gasteiger partial charge in [-0.15, -0.1) is 0 Å². The van der Waals surface area contributed by atoms with E-state index in [1.165, 1.54) is 0 Å². The van der Waals surface area contributed by atoms with Gasteiger partial charge in [-0.25, -0.2) is 0 Å². The van der Waals surface area contributed by atoms with E-state index in [1.807, 2.05) is 0 Å². The van der Waals surface area contributed by atoms with E-state index in [1.54, 1.807) is 0 Å². The number of hydrogen-bond donors (Lipinski definition) is 0. The third-order valence-corrected chi connectivity index (χ3v) is 1.95. The molecule has 0 aromatic rings. The molecule has 0 aliphatic heterocycles. The summed E-state index contributed by atoms with van der Waals surface area (Å²) in [6, 6.07) is 0.